The molecule has 2 rings (SSSR count). The van der Waals surface area contributed by atoms with Crippen LogP contribution in [0.25, 0.3) is 6.08 Å². The molecule has 1 amide bonds. The molecule has 0 saturated carbocycles. The zero-order valence-electron chi connectivity index (χ0n) is 13.1. The maximum absolute atomic E-state index is 12.4. The van der Waals surface area contributed by atoms with Gasteiger partial charge in [0.1, 0.15) is 0 Å². The first-order chi connectivity index (χ1) is 10.1. The molecule has 4 heteroatoms. The fourth-order valence-corrected chi connectivity index (χ4v) is 3.27. The van der Waals surface area contributed by atoms with Crippen LogP contribution in [-0.4, -0.2) is 29.1 Å². The normalized spacial score (nSPS) is 19.3. The molecule has 3 nitrogen and oxygen atoms in total. The maximum Gasteiger partial charge on any atom is 0.266 e. The van der Waals surface area contributed by atoms with Gasteiger partial charge in [-0.15, -0.1) is 0 Å². The van der Waals surface area contributed by atoms with Gasteiger partial charge in [0, 0.05) is 13.1 Å². The average Bonchev–Trinajstić information content (AvgIpc) is 2.75. The largest absolute Gasteiger partial charge is 0.287 e. The van der Waals surface area contributed by atoms with E-state index in [0.29, 0.717) is 19.0 Å². The molecule has 0 radical (unpaired) electrons. The third-order valence-corrected chi connectivity index (χ3v) is 4.44. The summed E-state index contributed by atoms with van der Waals surface area (Å²) >= 11 is 1.47. The van der Waals surface area contributed by atoms with Crippen molar-refractivity contribution in [3.8, 4) is 0 Å². The van der Waals surface area contributed by atoms with Crippen molar-refractivity contribution in [3.63, 3.8) is 0 Å². The van der Waals surface area contributed by atoms with Gasteiger partial charge >= 0.3 is 0 Å². The van der Waals surface area contributed by atoms with Gasteiger partial charge in [0.2, 0.25) is 0 Å². The molecular weight excluding hydrogens is 280 g/mol. The highest BCUT2D eigenvalue weighted by atomic mass is 32.2. The molecule has 21 heavy (non-hydrogen) atoms. The quantitative estimate of drug-likeness (QED) is 0.784. The second-order valence-electron chi connectivity index (χ2n) is 5.24. The highest BCUT2D eigenvalue weighted by molar-refractivity contribution is 8.18. The molecule has 1 aromatic carbocycles. The highest BCUT2D eigenvalue weighted by Crippen LogP contribution is 2.32. The van der Waals surface area contributed by atoms with Crippen molar-refractivity contribution in [2.45, 2.75) is 33.6 Å². The second-order valence-corrected chi connectivity index (χ2v) is 6.25. The standard InChI is InChI=1S/C17H22N2OS/c1-5-18-17-19(6-2)16(20)15(21-17)11-13-7-9-14(10-8-13)12(3)4/h7-12H,5-6H2,1-4H3. The molecule has 112 valence electrons. The number of hydrogen-bond acceptors (Lipinski definition) is 3. The summed E-state index contributed by atoms with van der Waals surface area (Å²) in [4.78, 5) is 19.2. The molecule has 0 unspecified atom stereocenters. The molecule has 0 aliphatic carbocycles. The van der Waals surface area contributed by atoms with Gasteiger partial charge in [-0.05, 0) is 48.7 Å². The Morgan fingerprint density at radius 3 is 2.43 bits per heavy atom. The predicted octanol–water partition coefficient (Wildman–Crippen LogP) is 4.12. The first kappa shape index (κ1) is 15.8. The topological polar surface area (TPSA) is 32.7 Å². The summed E-state index contributed by atoms with van der Waals surface area (Å²) in [6.07, 6.45) is 1.96. The Morgan fingerprint density at radius 1 is 1.24 bits per heavy atom. The Labute approximate surface area is 131 Å². The molecule has 0 N–H and O–H groups in total. The van der Waals surface area contributed by atoms with Crippen LogP contribution >= 0.6 is 11.8 Å². The lowest BCUT2D eigenvalue weighted by atomic mass is 10.0. The van der Waals surface area contributed by atoms with Gasteiger partial charge in [-0.2, -0.15) is 0 Å². The molecule has 0 spiro atoms. The molecule has 1 saturated heterocycles. The minimum absolute atomic E-state index is 0.0580. The summed E-state index contributed by atoms with van der Waals surface area (Å²) in [6.45, 7) is 9.67. The van der Waals surface area contributed by atoms with Crippen LogP contribution < -0.4 is 0 Å². The lowest BCUT2D eigenvalue weighted by Crippen LogP contribution is -2.28. The van der Waals surface area contributed by atoms with E-state index in [4.69, 9.17) is 0 Å². The smallest absolute Gasteiger partial charge is 0.266 e. The van der Waals surface area contributed by atoms with E-state index >= 15 is 0 Å². The highest BCUT2D eigenvalue weighted by Gasteiger charge is 2.31. The Kier molecular flexibility index (Phi) is 5.23. The zero-order valence-corrected chi connectivity index (χ0v) is 13.9. The van der Waals surface area contributed by atoms with Crippen molar-refractivity contribution in [1.82, 2.24) is 4.90 Å². The summed E-state index contributed by atoms with van der Waals surface area (Å²) in [7, 11) is 0. The summed E-state index contributed by atoms with van der Waals surface area (Å²) in [6, 6.07) is 8.39. The van der Waals surface area contributed by atoms with Crippen LogP contribution in [0, 0.1) is 0 Å². The Morgan fingerprint density at radius 2 is 1.90 bits per heavy atom. The molecule has 0 bridgehead atoms. The van der Waals surface area contributed by atoms with Crippen LogP contribution in [0.3, 0.4) is 0 Å². The van der Waals surface area contributed by atoms with Crippen LogP contribution in [0.5, 0.6) is 0 Å². The minimum Gasteiger partial charge on any atom is -0.287 e. The van der Waals surface area contributed by atoms with E-state index in [2.05, 4.69) is 43.1 Å². The number of thioether (sulfide) groups is 1. The van der Waals surface area contributed by atoms with Gasteiger partial charge in [-0.25, -0.2) is 0 Å². The fraction of sp³-hybridized carbons (Fsp3) is 0.412. The van der Waals surface area contributed by atoms with Crippen LogP contribution in [0.1, 0.15) is 44.7 Å². The molecule has 1 heterocycles. The van der Waals surface area contributed by atoms with Gasteiger partial charge < -0.3 is 0 Å². The van der Waals surface area contributed by atoms with Crippen LogP contribution in [0.4, 0.5) is 0 Å². The SMILES string of the molecule is CCN=C1SC(=Cc2ccc(C(C)C)cc2)C(=O)N1CC. The number of carbonyl (C=O) groups is 1. The van der Waals surface area contributed by atoms with E-state index in [9.17, 15) is 4.79 Å². The van der Waals surface area contributed by atoms with E-state index in [1.54, 1.807) is 4.90 Å². The number of amidine groups is 1. The lowest BCUT2D eigenvalue weighted by molar-refractivity contribution is -0.122. The maximum atomic E-state index is 12.4. The molecule has 0 atom stereocenters. The van der Waals surface area contributed by atoms with E-state index in [1.165, 1.54) is 17.3 Å². The van der Waals surface area contributed by atoms with Crippen LogP contribution in [0.15, 0.2) is 34.2 Å². The Bertz CT molecular complexity index is 573. The van der Waals surface area contributed by atoms with Crippen molar-refractivity contribution in [1.29, 1.82) is 0 Å². The van der Waals surface area contributed by atoms with Crippen LogP contribution in [-0.2, 0) is 4.79 Å². The number of benzene rings is 1. The molecule has 0 aromatic heterocycles. The number of aliphatic imine (C=N–C) groups is 1. The first-order valence-electron chi connectivity index (χ1n) is 7.42. The summed E-state index contributed by atoms with van der Waals surface area (Å²) < 4.78 is 0. The zero-order chi connectivity index (χ0) is 15.4. The fourth-order valence-electron chi connectivity index (χ4n) is 2.17. The van der Waals surface area contributed by atoms with E-state index in [-0.39, 0.29) is 5.91 Å². The number of amides is 1. The monoisotopic (exact) mass is 302 g/mol. The van der Waals surface area contributed by atoms with Crippen LogP contribution in [0.2, 0.25) is 0 Å². The van der Waals surface area contributed by atoms with Crippen molar-refractivity contribution in [2.24, 2.45) is 4.99 Å². The van der Waals surface area contributed by atoms with Crippen molar-refractivity contribution >= 4 is 28.9 Å². The number of likely N-dealkylation sites (N-methyl/N-ethyl adjacent to an activating group) is 1. The Balaban J connectivity index is 2.25. The average molecular weight is 302 g/mol. The summed E-state index contributed by atoms with van der Waals surface area (Å²) in [5, 5.41) is 0.815. The van der Waals surface area contributed by atoms with Gasteiger partial charge in [0.15, 0.2) is 5.17 Å². The summed E-state index contributed by atoms with van der Waals surface area (Å²) in [5.74, 6) is 0.579. The van der Waals surface area contributed by atoms with Gasteiger partial charge in [-0.3, -0.25) is 14.7 Å². The lowest BCUT2D eigenvalue weighted by Gasteiger charge is -2.11. The van der Waals surface area contributed by atoms with Gasteiger partial charge in [0.05, 0.1) is 4.91 Å². The minimum atomic E-state index is 0.0580. The summed E-state index contributed by atoms with van der Waals surface area (Å²) in [5.41, 5.74) is 2.37. The molecule has 1 aliphatic heterocycles. The number of carbonyl (C=O) groups excluding carboxylic acids is 1. The van der Waals surface area contributed by atoms with E-state index in [0.717, 1.165) is 15.6 Å². The number of nitrogens with zero attached hydrogens (tertiary/aromatic N) is 2. The molecule has 1 aliphatic rings. The number of hydrogen-bond donors (Lipinski definition) is 0. The molecular formula is C17H22N2OS. The van der Waals surface area contributed by atoms with Gasteiger partial charge in [0.25, 0.3) is 5.91 Å². The van der Waals surface area contributed by atoms with Crippen molar-refractivity contribution in [3.05, 3.63) is 40.3 Å². The van der Waals surface area contributed by atoms with E-state index in [1.807, 2.05) is 19.9 Å². The first-order valence-corrected chi connectivity index (χ1v) is 8.24. The number of rotatable bonds is 4. The predicted molar refractivity (Wildman–Crippen MR) is 91.5 cm³/mol. The third kappa shape index (κ3) is 3.56. The molecule has 1 fully saturated rings. The second kappa shape index (κ2) is 6.94. The van der Waals surface area contributed by atoms with Crippen molar-refractivity contribution < 1.29 is 4.79 Å². The molecule has 1 aromatic rings. The Hall–Kier alpha value is -1.55. The van der Waals surface area contributed by atoms with Gasteiger partial charge in [-0.1, -0.05) is 38.1 Å². The van der Waals surface area contributed by atoms with Crippen molar-refractivity contribution in [2.75, 3.05) is 13.1 Å². The van der Waals surface area contributed by atoms with E-state index < -0.39 is 0 Å². The third-order valence-electron chi connectivity index (χ3n) is 3.40.